The Morgan fingerprint density at radius 2 is 2.00 bits per heavy atom. The van der Waals surface area contributed by atoms with E-state index in [2.05, 4.69) is 9.47 Å². The largest absolute Gasteiger partial charge is 0.516 e. The molecule has 0 aliphatic rings. The van der Waals surface area contributed by atoms with Crippen LogP contribution in [0.15, 0.2) is 0 Å². The zero-order valence-corrected chi connectivity index (χ0v) is 9.42. The first kappa shape index (κ1) is 16.6. The lowest BCUT2D eigenvalue weighted by Crippen LogP contribution is -2.40. The highest BCUT2D eigenvalue weighted by Crippen LogP contribution is 1.93. The number of carbonyl (C=O) groups excluding carboxylic acids is 2. The minimum Gasteiger partial charge on any atom is -0.434 e. The molecule has 0 saturated carbocycles. The Bertz CT molecular complexity index is 201. The van der Waals surface area contributed by atoms with Gasteiger partial charge in [-0.25, -0.2) is 9.59 Å². The molecule has 0 aliphatic carbocycles. The molecule has 90 valence electrons. The van der Waals surface area contributed by atoms with Crippen LogP contribution in [0.25, 0.3) is 0 Å². The number of hydrogen-bond donors (Lipinski definition) is 2. The molecule has 6 nitrogen and oxygen atoms in total. The van der Waals surface area contributed by atoms with Crippen molar-refractivity contribution in [1.29, 1.82) is 0 Å². The molecule has 0 aliphatic heterocycles. The molecule has 1 atom stereocenters. The zero-order valence-electron chi connectivity index (χ0n) is 8.60. The number of halogens is 1. The van der Waals surface area contributed by atoms with Crippen molar-refractivity contribution in [2.75, 3.05) is 13.2 Å². The number of esters is 1. The fourth-order valence-electron chi connectivity index (χ4n) is 0.583. The van der Waals surface area contributed by atoms with Gasteiger partial charge >= 0.3 is 12.1 Å². The van der Waals surface area contributed by atoms with Crippen LogP contribution in [-0.4, -0.2) is 31.3 Å². The summed E-state index contributed by atoms with van der Waals surface area (Å²) >= 11 is 0. The molecule has 15 heavy (non-hydrogen) atoms. The Hall–Kier alpha value is -0.850. The normalized spacial score (nSPS) is 11.1. The van der Waals surface area contributed by atoms with Gasteiger partial charge in [-0.15, -0.1) is 12.4 Å². The standard InChI is InChI=1S/C8H16N2O4.ClH/c1-2-3-4-13-8(12)14-7(11)6(10)5-9;/h6H,2-5,9-10H2,1H3;1H. The van der Waals surface area contributed by atoms with E-state index >= 15 is 0 Å². The number of hydrogen-bond acceptors (Lipinski definition) is 6. The molecule has 0 aromatic heterocycles. The van der Waals surface area contributed by atoms with Crippen molar-refractivity contribution in [3.05, 3.63) is 0 Å². The molecule has 4 N–H and O–H groups in total. The number of unbranched alkanes of at least 4 members (excludes halogenated alkanes) is 1. The number of rotatable bonds is 5. The van der Waals surface area contributed by atoms with Gasteiger partial charge in [-0.2, -0.15) is 0 Å². The van der Waals surface area contributed by atoms with Crippen LogP contribution in [0.2, 0.25) is 0 Å². The van der Waals surface area contributed by atoms with Crippen molar-refractivity contribution in [2.45, 2.75) is 25.8 Å². The van der Waals surface area contributed by atoms with Gasteiger partial charge in [-0.3, -0.25) is 0 Å². The van der Waals surface area contributed by atoms with Crippen LogP contribution in [-0.2, 0) is 14.3 Å². The highest BCUT2D eigenvalue weighted by Gasteiger charge is 2.17. The molecule has 0 bridgehead atoms. The van der Waals surface area contributed by atoms with Gasteiger partial charge in [0.1, 0.15) is 6.04 Å². The van der Waals surface area contributed by atoms with Gasteiger partial charge in [0.15, 0.2) is 0 Å². The van der Waals surface area contributed by atoms with E-state index in [-0.39, 0.29) is 25.6 Å². The van der Waals surface area contributed by atoms with E-state index in [1.165, 1.54) is 0 Å². The first-order valence-corrected chi connectivity index (χ1v) is 4.45. The molecule has 0 saturated heterocycles. The first-order valence-electron chi connectivity index (χ1n) is 4.45. The maximum Gasteiger partial charge on any atom is 0.516 e. The lowest BCUT2D eigenvalue weighted by atomic mass is 10.3. The molecular weight excluding hydrogens is 224 g/mol. The van der Waals surface area contributed by atoms with Crippen LogP contribution >= 0.6 is 12.4 Å². The highest BCUT2D eigenvalue weighted by molar-refractivity contribution is 5.85. The molecular formula is C8H17ClN2O4. The van der Waals surface area contributed by atoms with Crippen LogP contribution < -0.4 is 11.5 Å². The number of ether oxygens (including phenoxy) is 2. The second-order valence-corrected chi connectivity index (χ2v) is 2.72. The minimum atomic E-state index is -1.02. The van der Waals surface area contributed by atoms with Gasteiger partial charge in [0.25, 0.3) is 0 Å². The van der Waals surface area contributed by atoms with E-state index in [4.69, 9.17) is 11.5 Å². The molecule has 0 rings (SSSR count). The fourth-order valence-corrected chi connectivity index (χ4v) is 0.583. The fraction of sp³-hybridized carbons (Fsp3) is 0.750. The third-order valence-electron chi connectivity index (χ3n) is 1.46. The Morgan fingerprint density at radius 1 is 1.40 bits per heavy atom. The number of nitrogens with two attached hydrogens (primary N) is 2. The van der Waals surface area contributed by atoms with E-state index in [0.29, 0.717) is 0 Å². The summed E-state index contributed by atoms with van der Waals surface area (Å²) in [5.74, 6) is -0.867. The minimum absolute atomic E-state index is 0. The van der Waals surface area contributed by atoms with Crippen LogP contribution in [0.3, 0.4) is 0 Å². The van der Waals surface area contributed by atoms with Gasteiger partial charge in [0, 0.05) is 6.54 Å². The van der Waals surface area contributed by atoms with E-state index in [1.54, 1.807) is 0 Å². The average Bonchev–Trinajstić information content (AvgIpc) is 2.16. The zero-order chi connectivity index (χ0) is 11.0. The van der Waals surface area contributed by atoms with Crippen LogP contribution in [0.5, 0.6) is 0 Å². The molecule has 0 aromatic rings. The molecule has 7 heteroatoms. The monoisotopic (exact) mass is 240 g/mol. The van der Waals surface area contributed by atoms with E-state index in [1.807, 2.05) is 6.92 Å². The predicted molar refractivity (Wildman–Crippen MR) is 56.6 cm³/mol. The molecule has 0 aromatic carbocycles. The summed E-state index contributed by atoms with van der Waals surface area (Å²) in [6.07, 6.45) is 0.600. The van der Waals surface area contributed by atoms with E-state index in [0.717, 1.165) is 12.8 Å². The maximum absolute atomic E-state index is 10.9. The Morgan fingerprint density at radius 3 is 2.47 bits per heavy atom. The van der Waals surface area contributed by atoms with Crippen molar-refractivity contribution < 1.29 is 19.1 Å². The number of carbonyl (C=O) groups is 2. The molecule has 0 fully saturated rings. The van der Waals surface area contributed by atoms with Gasteiger partial charge in [0.2, 0.25) is 0 Å². The van der Waals surface area contributed by atoms with E-state index < -0.39 is 18.2 Å². The molecule has 0 radical (unpaired) electrons. The smallest absolute Gasteiger partial charge is 0.434 e. The van der Waals surface area contributed by atoms with Crippen molar-refractivity contribution in [3.63, 3.8) is 0 Å². The Labute approximate surface area is 94.7 Å². The van der Waals surface area contributed by atoms with Gasteiger partial charge in [0.05, 0.1) is 6.61 Å². The summed E-state index contributed by atoms with van der Waals surface area (Å²) in [5.41, 5.74) is 10.3. The van der Waals surface area contributed by atoms with Crippen LogP contribution in [0.1, 0.15) is 19.8 Å². The highest BCUT2D eigenvalue weighted by atomic mass is 35.5. The summed E-state index contributed by atoms with van der Waals surface area (Å²) in [6, 6.07) is -0.978. The van der Waals surface area contributed by atoms with Crippen molar-refractivity contribution >= 4 is 24.5 Å². The second-order valence-electron chi connectivity index (χ2n) is 2.72. The third-order valence-corrected chi connectivity index (χ3v) is 1.46. The predicted octanol–water partition coefficient (Wildman–Crippen LogP) is 0.174. The molecule has 0 amide bonds. The second kappa shape index (κ2) is 9.70. The Kier molecular flexibility index (Phi) is 10.7. The van der Waals surface area contributed by atoms with Crippen molar-refractivity contribution in [1.82, 2.24) is 0 Å². The maximum atomic E-state index is 10.9. The topological polar surface area (TPSA) is 105 Å². The average molecular weight is 241 g/mol. The molecule has 0 heterocycles. The van der Waals surface area contributed by atoms with Crippen molar-refractivity contribution in [3.8, 4) is 0 Å². The lowest BCUT2D eigenvalue weighted by Gasteiger charge is -2.07. The van der Waals surface area contributed by atoms with Gasteiger partial charge in [-0.05, 0) is 6.42 Å². The van der Waals surface area contributed by atoms with Gasteiger partial charge < -0.3 is 20.9 Å². The summed E-state index contributed by atoms with van der Waals surface area (Å²) in [4.78, 5) is 21.7. The summed E-state index contributed by atoms with van der Waals surface area (Å²) < 4.78 is 8.81. The van der Waals surface area contributed by atoms with Gasteiger partial charge in [-0.1, -0.05) is 13.3 Å². The third kappa shape index (κ3) is 8.17. The molecule has 1 unspecified atom stereocenters. The lowest BCUT2D eigenvalue weighted by molar-refractivity contribution is -0.141. The quantitative estimate of drug-likeness (QED) is 0.403. The van der Waals surface area contributed by atoms with E-state index in [9.17, 15) is 9.59 Å². The van der Waals surface area contributed by atoms with Crippen molar-refractivity contribution in [2.24, 2.45) is 11.5 Å². The summed E-state index contributed by atoms with van der Waals surface area (Å²) in [6.45, 7) is 2.12. The van der Waals surface area contributed by atoms with Crippen LogP contribution in [0, 0.1) is 0 Å². The molecule has 0 spiro atoms. The SMILES string of the molecule is CCCCOC(=O)OC(=O)C(N)CN.Cl. The Balaban J connectivity index is 0. The first-order chi connectivity index (χ1) is 6.61. The summed E-state index contributed by atoms with van der Waals surface area (Å²) in [5, 5.41) is 0. The van der Waals surface area contributed by atoms with Crippen LogP contribution in [0.4, 0.5) is 4.79 Å². The summed E-state index contributed by atoms with van der Waals surface area (Å²) in [7, 11) is 0.